The molecule has 0 fully saturated rings. The summed E-state index contributed by atoms with van der Waals surface area (Å²) in [6.07, 6.45) is -4.69. The van der Waals surface area contributed by atoms with Gasteiger partial charge in [0.25, 0.3) is 5.56 Å². The SMILES string of the molecule is CNc1[nH]c(=O)c(C(F)(F)F)cc1N. The molecule has 0 unspecified atom stereocenters. The van der Waals surface area contributed by atoms with Crippen LogP contribution in [-0.2, 0) is 6.18 Å². The average Bonchev–Trinajstić information content (AvgIpc) is 2.06. The van der Waals surface area contributed by atoms with Crippen molar-refractivity contribution in [1.82, 2.24) is 4.98 Å². The molecule has 0 aliphatic carbocycles. The highest BCUT2D eigenvalue weighted by molar-refractivity contribution is 5.61. The fourth-order valence-electron chi connectivity index (χ4n) is 0.964. The van der Waals surface area contributed by atoms with E-state index >= 15 is 0 Å². The van der Waals surface area contributed by atoms with Crippen LogP contribution in [0.25, 0.3) is 0 Å². The van der Waals surface area contributed by atoms with E-state index in [1.54, 1.807) is 0 Å². The van der Waals surface area contributed by atoms with E-state index < -0.39 is 17.3 Å². The van der Waals surface area contributed by atoms with Crippen LogP contribution >= 0.6 is 0 Å². The molecule has 0 aromatic carbocycles. The second-order valence-corrected chi connectivity index (χ2v) is 2.59. The molecule has 1 aromatic rings. The number of anilines is 2. The minimum atomic E-state index is -4.69. The van der Waals surface area contributed by atoms with Crippen molar-refractivity contribution in [1.29, 1.82) is 0 Å². The standard InChI is InChI=1S/C7H8F3N3O/c1-12-5-4(11)2-3(6(14)13-5)7(8,9)10/h2H,11H2,1H3,(H2,12,13,14). The van der Waals surface area contributed by atoms with Gasteiger partial charge in [-0.15, -0.1) is 0 Å². The summed E-state index contributed by atoms with van der Waals surface area (Å²) in [6.45, 7) is 0. The fraction of sp³-hybridized carbons (Fsp3) is 0.286. The molecule has 7 heteroatoms. The molecule has 4 nitrogen and oxygen atoms in total. The summed E-state index contributed by atoms with van der Waals surface area (Å²) in [6, 6.07) is 0.602. The van der Waals surface area contributed by atoms with Gasteiger partial charge in [-0.3, -0.25) is 4.79 Å². The molecular formula is C7H8F3N3O. The van der Waals surface area contributed by atoms with Gasteiger partial charge in [-0.2, -0.15) is 13.2 Å². The Hall–Kier alpha value is -1.66. The van der Waals surface area contributed by atoms with Gasteiger partial charge in [-0.05, 0) is 6.07 Å². The second kappa shape index (κ2) is 3.24. The smallest absolute Gasteiger partial charge is 0.396 e. The highest BCUT2D eigenvalue weighted by Crippen LogP contribution is 2.28. The van der Waals surface area contributed by atoms with Crippen LogP contribution in [0.1, 0.15) is 5.56 Å². The van der Waals surface area contributed by atoms with Crippen molar-refractivity contribution in [3.05, 3.63) is 22.0 Å². The van der Waals surface area contributed by atoms with Crippen molar-refractivity contribution < 1.29 is 13.2 Å². The van der Waals surface area contributed by atoms with E-state index in [1.165, 1.54) is 7.05 Å². The lowest BCUT2D eigenvalue weighted by Crippen LogP contribution is -2.23. The number of pyridine rings is 1. The fourth-order valence-corrected chi connectivity index (χ4v) is 0.964. The Labute approximate surface area is 76.9 Å². The molecule has 0 spiro atoms. The molecule has 4 N–H and O–H groups in total. The number of alkyl halides is 3. The summed E-state index contributed by atoms with van der Waals surface area (Å²) in [5, 5.41) is 2.47. The normalized spacial score (nSPS) is 11.4. The van der Waals surface area contributed by atoms with E-state index in [-0.39, 0.29) is 11.5 Å². The van der Waals surface area contributed by atoms with Gasteiger partial charge in [0.15, 0.2) is 0 Å². The molecule has 0 aliphatic heterocycles. The molecule has 1 heterocycles. The van der Waals surface area contributed by atoms with Gasteiger partial charge >= 0.3 is 6.18 Å². The molecule has 0 saturated carbocycles. The maximum Gasteiger partial charge on any atom is 0.421 e. The highest BCUT2D eigenvalue weighted by Gasteiger charge is 2.34. The van der Waals surface area contributed by atoms with Gasteiger partial charge in [0.1, 0.15) is 11.4 Å². The van der Waals surface area contributed by atoms with Crippen molar-refractivity contribution in [2.24, 2.45) is 0 Å². The van der Waals surface area contributed by atoms with Crippen LogP contribution in [0.2, 0.25) is 0 Å². The van der Waals surface area contributed by atoms with Crippen molar-refractivity contribution in [2.75, 3.05) is 18.1 Å². The lowest BCUT2D eigenvalue weighted by Gasteiger charge is -2.09. The molecule has 0 radical (unpaired) electrons. The van der Waals surface area contributed by atoms with Gasteiger partial charge in [0, 0.05) is 7.05 Å². The Kier molecular flexibility index (Phi) is 2.41. The molecular weight excluding hydrogens is 199 g/mol. The maximum absolute atomic E-state index is 12.2. The number of hydrogen-bond donors (Lipinski definition) is 3. The van der Waals surface area contributed by atoms with Crippen molar-refractivity contribution in [3.63, 3.8) is 0 Å². The number of nitrogens with two attached hydrogens (primary N) is 1. The highest BCUT2D eigenvalue weighted by atomic mass is 19.4. The number of rotatable bonds is 1. The molecule has 0 bridgehead atoms. The molecule has 14 heavy (non-hydrogen) atoms. The third-order valence-corrected chi connectivity index (χ3v) is 1.63. The number of hydrogen-bond acceptors (Lipinski definition) is 3. The Balaban J connectivity index is 3.37. The number of aromatic amines is 1. The topological polar surface area (TPSA) is 70.9 Å². The molecule has 0 atom stereocenters. The summed E-state index contributed by atoms with van der Waals surface area (Å²) < 4.78 is 36.5. The van der Waals surface area contributed by atoms with E-state index in [0.29, 0.717) is 6.07 Å². The first kappa shape index (κ1) is 10.4. The zero-order valence-corrected chi connectivity index (χ0v) is 7.20. The Morgan fingerprint density at radius 2 is 2.07 bits per heavy atom. The molecule has 1 aromatic heterocycles. The first-order valence-corrected chi connectivity index (χ1v) is 3.64. The van der Waals surface area contributed by atoms with Gasteiger partial charge < -0.3 is 16.0 Å². The lowest BCUT2D eigenvalue weighted by molar-refractivity contribution is -0.138. The third-order valence-electron chi connectivity index (χ3n) is 1.63. The molecule has 0 aliphatic rings. The van der Waals surface area contributed by atoms with Crippen LogP contribution < -0.4 is 16.6 Å². The van der Waals surface area contributed by atoms with Gasteiger partial charge in [0.2, 0.25) is 0 Å². The van der Waals surface area contributed by atoms with Crippen LogP contribution in [0, 0.1) is 0 Å². The minimum Gasteiger partial charge on any atom is -0.396 e. The van der Waals surface area contributed by atoms with E-state index in [1.807, 2.05) is 4.98 Å². The van der Waals surface area contributed by atoms with Crippen LogP contribution in [-0.4, -0.2) is 12.0 Å². The van der Waals surface area contributed by atoms with Crippen LogP contribution in [0.15, 0.2) is 10.9 Å². The van der Waals surface area contributed by atoms with Gasteiger partial charge in [0.05, 0.1) is 5.69 Å². The second-order valence-electron chi connectivity index (χ2n) is 2.59. The summed E-state index contributed by atoms with van der Waals surface area (Å²) in [5.41, 5.74) is 2.60. The largest absolute Gasteiger partial charge is 0.421 e. The Bertz CT molecular complexity index is 396. The van der Waals surface area contributed by atoms with Crippen molar-refractivity contribution in [3.8, 4) is 0 Å². The molecule has 78 valence electrons. The van der Waals surface area contributed by atoms with Gasteiger partial charge in [-0.1, -0.05) is 0 Å². The first-order chi connectivity index (χ1) is 6.36. The summed E-state index contributed by atoms with van der Waals surface area (Å²) in [4.78, 5) is 12.9. The number of aromatic nitrogens is 1. The van der Waals surface area contributed by atoms with Crippen molar-refractivity contribution in [2.45, 2.75) is 6.18 Å². The average molecular weight is 207 g/mol. The zero-order valence-electron chi connectivity index (χ0n) is 7.20. The lowest BCUT2D eigenvalue weighted by atomic mass is 10.2. The van der Waals surface area contributed by atoms with Crippen LogP contribution in [0.4, 0.5) is 24.7 Å². The summed E-state index contributed by atoms with van der Waals surface area (Å²) in [7, 11) is 1.44. The predicted octanol–water partition coefficient (Wildman–Crippen LogP) is 1.02. The number of halogens is 3. The third kappa shape index (κ3) is 1.81. The summed E-state index contributed by atoms with van der Waals surface area (Å²) >= 11 is 0. The maximum atomic E-state index is 12.2. The van der Waals surface area contributed by atoms with Crippen molar-refractivity contribution >= 4 is 11.5 Å². The van der Waals surface area contributed by atoms with E-state index in [4.69, 9.17) is 5.73 Å². The number of nitrogen functional groups attached to an aromatic ring is 1. The minimum absolute atomic E-state index is 0.0722. The summed E-state index contributed by atoms with van der Waals surface area (Å²) in [5.74, 6) is 0.0722. The number of nitrogens with one attached hydrogen (secondary N) is 2. The molecule has 0 saturated heterocycles. The van der Waals surface area contributed by atoms with Crippen LogP contribution in [0.5, 0.6) is 0 Å². The van der Waals surface area contributed by atoms with E-state index in [9.17, 15) is 18.0 Å². The number of H-pyrrole nitrogens is 1. The monoisotopic (exact) mass is 207 g/mol. The van der Waals surface area contributed by atoms with E-state index in [0.717, 1.165) is 0 Å². The quantitative estimate of drug-likeness (QED) is 0.643. The molecule has 0 amide bonds. The molecule has 1 rings (SSSR count). The Morgan fingerprint density at radius 3 is 2.50 bits per heavy atom. The Morgan fingerprint density at radius 1 is 1.50 bits per heavy atom. The predicted molar refractivity (Wildman–Crippen MR) is 46.0 cm³/mol. The van der Waals surface area contributed by atoms with Crippen LogP contribution in [0.3, 0.4) is 0 Å². The van der Waals surface area contributed by atoms with Gasteiger partial charge in [-0.25, -0.2) is 0 Å². The zero-order chi connectivity index (χ0) is 10.9. The van der Waals surface area contributed by atoms with E-state index in [2.05, 4.69) is 5.32 Å². The first-order valence-electron chi connectivity index (χ1n) is 3.64.